The molecule has 0 aliphatic rings. The van der Waals surface area contributed by atoms with Crippen molar-refractivity contribution in [3.05, 3.63) is 36.2 Å². The first-order valence-electron chi connectivity index (χ1n) is 6.02. The van der Waals surface area contributed by atoms with E-state index in [-0.39, 0.29) is 0 Å². The summed E-state index contributed by atoms with van der Waals surface area (Å²) in [5.74, 6) is 2.00. The van der Waals surface area contributed by atoms with Crippen LogP contribution < -0.4 is 15.2 Å². The van der Waals surface area contributed by atoms with Crippen molar-refractivity contribution in [3.63, 3.8) is 0 Å². The Labute approximate surface area is 112 Å². The molecule has 5 heteroatoms. The molecule has 0 spiro atoms. The van der Waals surface area contributed by atoms with E-state index in [1.165, 1.54) is 0 Å². The normalized spacial score (nSPS) is 10.3. The van der Waals surface area contributed by atoms with Gasteiger partial charge < -0.3 is 15.2 Å². The third kappa shape index (κ3) is 3.00. The summed E-state index contributed by atoms with van der Waals surface area (Å²) < 4.78 is 10.5. The SMILES string of the molecule is COc1ccc(-c2ncc(CCN)cn2)cc1OC. The smallest absolute Gasteiger partial charge is 0.161 e. The lowest BCUT2D eigenvalue weighted by molar-refractivity contribution is 0.355. The van der Waals surface area contributed by atoms with Crippen LogP contribution in [0.15, 0.2) is 30.6 Å². The molecule has 0 amide bonds. The third-order valence-corrected chi connectivity index (χ3v) is 2.78. The number of nitrogens with two attached hydrogens (primary N) is 1. The van der Waals surface area contributed by atoms with E-state index in [4.69, 9.17) is 15.2 Å². The molecule has 0 bridgehead atoms. The van der Waals surface area contributed by atoms with Gasteiger partial charge in [0.15, 0.2) is 17.3 Å². The van der Waals surface area contributed by atoms with E-state index in [0.717, 1.165) is 17.5 Å². The quantitative estimate of drug-likeness (QED) is 0.884. The lowest BCUT2D eigenvalue weighted by atomic mass is 10.1. The van der Waals surface area contributed by atoms with Crippen LogP contribution in [0.4, 0.5) is 0 Å². The van der Waals surface area contributed by atoms with E-state index < -0.39 is 0 Å². The second-order valence-corrected chi connectivity index (χ2v) is 4.02. The lowest BCUT2D eigenvalue weighted by Gasteiger charge is -2.09. The second kappa shape index (κ2) is 6.15. The van der Waals surface area contributed by atoms with Gasteiger partial charge >= 0.3 is 0 Å². The van der Waals surface area contributed by atoms with Gasteiger partial charge in [-0.2, -0.15) is 0 Å². The highest BCUT2D eigenvalue weighted by molar-refractivity contribution is 5.60. The molecule has 0 aliphatic heterocycles. The van der Waals surface area contributed by atoms with E-state index >= 15 is 0 Å². The Morgan fingerprint density at radius 3 is 2.32 bits per heavy atom. The van der Waals surface area contributed by atoms with Crippen molar-refractivity contribution in [1.29, 1.82) is 0 Å². The first-order chi connectivity index (χ1) is 9.28. The van der Waals surface area contributed by atoms with Gasteiger partial charge in [0.25, 0.3) is 0 Å². The van der Waals surface area contributed by atoms with Crippen molar-refractivity contribution in [1.82, 2.24) is 9.97 Å². The molecular weight excluding hydrogens is 242 g/mol. The van der Waals surface area contributed by atoms with Crippen LogP contribution in [-0.2, 0) is 6.42 Å². The molecule has 0 atom stereocenters. The zero-order valence-corrected chi connectivity index (χ0v) is 11.1. The Kier molecular flexibility index (Phi) is 4.30. The Hall–Kier alpha value is -2.14. The summed E-state index contributed by atoms with van der Waals surface area (Å²) in [5, 5.41) is 0. The summed E-state index contributed by atoms with van der Waals surface area (Å²) >= 11 is 0. The molecule has 0 aliphatic carbocycles. The average Bonchev–Trinajstić information content (AvgIpc) is 2.47. The number of rotatable bonds is 5. The molecule has 0 saturated heterocycles. The number of benzene rings is 1. The third-order valence-electron chi connectivity index (χ3n) is 2.78. The van der Waals surface area contributed by atoms with Crippen LogP contribution in [0, 0.1) is 0 Å². The minimum Gasteiger partial charge on any atom is -0.493 e. The maximum atomic E-state index is 5.49. The largest absolute Gasteiger partial charge is 0.493 e. The van der Waals surface area contributed by atoms with Crippen molar-refractivity contribution < 1.29 is 9.47 Å². The number of ether oxygens (including phenoxy) is 2. The maximum Gasteiger partial charge on any atom is 0.161 e. The summed E-state index contributed by atoms with van der Waals surface area (Å²) in [6, 6.07) is 5.60. The van der Waals surface area contributed by atoms with Crippen molar-refractivity contribution in [2.24, 2.45) is 5.73 Å². The average molecular weight is 259 g/mol. The van der Waals surface area contributed by atoms with Gasteiger partial charge in [-0.3, -0.25) is 0 Å². The Morgan fingerprint density at radius 1 is 1.05 bits per heavy atom. The summed E-state index contributed by atoms with van der Waals surface area (Å²) in [4.78, 5) is 8.67. The van der Waals surface area contributed by atoms with Gasteiger partial charge in [0.2, 0.25) is 0 Å². The maximum absolute atomic E-state index is 5.49. The fourth-order valence-electron chi connectivity index (χ4n) is 1.77. The summed E-state index contributed by atoms with van der Waals surface area (Å²) in [6.45, 7) is 0.596. The zero-order valence-electron chi connectivity index (χ0n) is 11.1. The zero-order chi connectivity index (χ0) is 13.7. The van der Waals surface area contributed by atoms with Gasteiger partial charge in [-0.1, -0.05) is 0 Å². The first-order valence-corrected chi connectivity index (χ1v) is 6.02. The molecule has 0 fully saturated rings. The molecule has 100 valence electrons. The van der Waals surface area contributed by atoms with Gasteiger partial charge in [0, 0.05) is 18.0 Å². The highest BCUT2D eigenvalue weighted by Gasteiger charge is 2.07. The Morgan fingerprint density at radius 2 is 1.74 bits per heavy atom. The van der Waals surface area contributed by atoms with Gasteiger partial charge in [0.1, 0.15) is 0 Å². The summed E-state index contributed by atoms with van der Waals surface area (Å²) in [7, 11) is 3.21. The van der Waals surface area contributed by atoms with Crippen molar-refractivity contribution >= 4 is 0 Å². The summed E-state index contributed by atoms with van der Waals surface area (Å²) in [6.07, 6.45) is 4.38. The number of aromatic nitrogens is 2. The van der Waals surface area contributed by atoms with Crippen LogP contribution in [0.5, 0.6) is 11.5 Å². The molecule has 2 aromatic rings. The number of nitrogens with zero attached hydrogens (tertiary/aromatic N) is 2. The van der Waals surface area contributed by atoms with E-state index in [1.807, 2.05) is 18.2 Å². The van der Waals surface area contributed by atoms with Crippen LogP contribution in [0.25, 0.3) is 11.4 Å². The van der Waals surface area contributed by atoms with Crippen molar-refractivity contribution in [3.8, 4) is 22.9 Å². The van der Waals surface area contributed by atoms with Crippen LogP contribution in [0.2, 0.25) is 0 Å². The van der Waals surface area contributed by atoms with Crippen LogP contribution >= 0.6 is 0 Å². The standard InChI is InChI=1S/C14H17N3O2/c1-18-12-4-3-11(7-13(12)19-2)14-16-8-10(5-6-15)9-17-14/h3-4,7-9H,5-6,15H2,1-2H3. The molecular formula is C14H17N3O2. The lowest BCUT2D eigenvalue weighted by Crippen LogP contribution is -2.03. The number of hydrogen-bond donors (Lipinski definition) is 1. The fraction of sp³-hybridized carbons (Fsp3) is 0.286. The first kappa shape index (κ1) is 13.3. The van der Waals surface area contributed by atoms with Gasteiger partial charge in [-0.05, 0) is 36.7 Å². The van der Waals surface area contributed by atoms with Gasteiger partial charge in [-0.15, -0.1) is 0 Å². The van der Waals surface area contributed by atoms with Crippen molar-refractivity contribution in [2.45, 2.75) is 6.42 Å². The van der Waals surface area contributed by atoms with E-state index in [2.05, 4.69) is 9.97 Å². The van der Waals surface area contributed by atoms with E-state index in [1.54, 1.807) is 26.6 Å². The molecule has 5 nitrogen and oxygen atoms in total. The number of methoxy groups -OCH3 is 2. The molecule has 2 N–H and O–H groups in total. The van der Waals surface area contributed by atoms with Crippen LogP contribution in [0.3, 0.4) is 0 Å². The minimum atomic E-state index is 0.596. The molecule has 1 aromatic heterocycles. The van der Waals surface area contributed by atoms with Crippen LogP contribution in [0.1, 0.15) is 5.56 Å². The molecule has 0 radical (unpaired) electrons. The topological polar surface area (TPSA) is 70.3 Å². The molecule has 0 unspecified atom stereocenters. The second-order valence-electron chi connectivity index (χ2n) is 4.02. The monoisotopic (exact) mass is 259 g/mol. The molecule has 1 aromatic carbocycles. The minimum absolute atomic E-state index is 0.596. The molecule has 1 heterocycles. The van der Waals surface area contributed by atoms with Crippen molar-refractivity contribution in [2.75, 3.05) is 20.8 Å². The molecule has 0 saturated carbocycles. The van der Waals surface area contributed by atoms with E-state index in [0.29, 0.717) is 23.9 Å². The highest BCUT2D eigenvalue weighted by Crippen LogP contribution is 2.30. The summed E-state index contributed by atoms with van der Waals surface area (Å²) in [5.41, 5.74) is 7.41. The highest BCUT2D eigenvalue weighted by atomic mass is 16.5. The van der Waals surface area contributed by atoms with E-state index in [9.17, 15) is 0 Å². The Balaban J connectivity index is 2.30. The van der Waals surface area contributed by atoms with Gasteiger partial charge in [0.05, 0.1) is 14.2 Å². The fourth-order valence-corrected chi connectivity index (χ4v) is 1.77. The number of hydrogen-bond acceptors (Lipinski definition) is 5. The predicted octanol–water partition coefficient (Wildman–Crippen LogP) is 1.66. The van der Waals surface area contributed by atoms with Crippen LogP contribution in [-0.4, -0.2) is 30.7 Å². The molecule has 2 rings (SSSR count). The Bertz CT molecular complexity index is 541. The predicted molar refractivity (Wildman–Crippen MR) is 73.3 cm³/mol. The van der Waals surface area contributed by atoms with Gasteiger partial charge in [-0.25, -0.2) is 9.97 Å². The molecule has 19 heavy (non-hydrogen) atoms.